The molecule has 6 nitrogen and oxygen atoms in total. The minimum atomic E-state index is -0.208. The summed E-state index contributed by atoms with van der Waals surface area (Å²) in [6.45, 7) is 5.59. The molecule has 0 saturated carbocycles. The first kappa shape index (κ1) is 19.9. The van der Waals surface area contributed by atoms with E-state index in [1.54, 1.807) is 11.0 Å². The minimum absolute atomic E-state index is 0.0512. The number of nitrogens with one attached hydrogen (secondary N) is 1. The lowest BCUT2D eigenvalue weighted by Gasteiger charge is -2.32. The van der Waals surface area contributed by atoms with Crippen molar-refractivity contribution in [1.29, 1.82) is 0 Å². The highest BCUT2D eigenvalue weighted by Crippen LogP contribution is 2.20. The molecule has 1 unspecified atom stereocenters. The number of benzene rings is 1. The number of rotatable bonds is 6. The molecule has 1 aliphatic heterocycles. The van der Waals surface area contributed by atoms with E-state index in [0.29, 0.717) is 31.9 Å². The fraction of sp³-hybridized carbons (Fsp3) is 0.409. The molecule has 28 heavy (non-hydrogen) atoms. The molecule has 6 heteroatoms. The van der Waals surface area contributed by atoms with E-state index in [4.69, 9.17) is 4.74 Å². The summed E-state index contributed by atoms with van der Waals surface area (Å²) >= 11 is 0. The summed E-state index contributed by atoms with van der Waals surface area (Å²) in [5.74, 6) is 1.13. The number of anilines is 1. The van der Waals surface area contributed by atoms with Crippen LogP contribution < -0.4 is 10.1 Å². The van der Waals surface area contributed by atoms with E-state index in [9.17, 15) is 9.59 Å². The standard InChI is InChI=1S/C22H27N3O3/c1-3-28-19-11-9-17(10-12-19)14-21(26)25-13-5-7-18(15-25)22(27)24-20-8-4-6-16(2)23-20/h4,6,8-12,18H,3,5,7,13-15H2,1-2H3,(H,23,24,27). The van der Waals surface area contributed by atoms with Gasteiger partial charge in [0, 0.05) is 18.8 Å². The number of likely N-dealkylation sites (tertiary alicyclic amines) is 1. The van der Waals surface area contributed by atoms with E-state index in [1.807, 2.05) is 50.2 Å². The van der Waals surface area contributed by atoms with Crippen LogP contribution in [0.2, 0.25) is 0 Å². The highest BCUT2D eigenvalue weighted by Gasteiger charge is 2.28. The SMILES string of the molecule is CCOc1ccc(CC(=O)N2CCCC(C(=O)Nc3cccc(C)n3)C2)cc1. The van der Waals surface area contributed by atoms with Gasteiger partial charge in [0.2, 0.25) is 11.8 Å². The summed E-state index contributed by atoms with van der Waals surface area (Å²) < 4.78 is 5.43. The predicted molar refractivity (Wildman–Crippen MR) is 108 cm³/mol. The van der Waals surface area contributed by atoms with Crippen molar-refractivity contribution in [1.82, 2.24) is 9.88 Å². The van der Waals surface area contributed by atoms with Crippen molar-refractivity contribution in [3.05, 3.63) is 53.7 Å². The Balaban J connectivity index is 1.56. The van der Waals surface area contributed by atoms with Gasteiger partial charge in [-0.25, -0.2) is 4.98 Å². The molecule has 1 atom stereocenters. The molecule has 3 rings (SSSR count). The molecular formula is C22H27N3O3. The normalized spacial score (nSPS) is 16.5. The van der Waals surface area contributed by atoms with Crippen LogP contribution in [0, 0.1) is 12.8 Å². The molecule has 1 N–H and O–H groups in total. The maximum Gasteiger partial charge on any atom is 0.230 e. The second-order valence-corrected chi connectivity index (χ2v) is 7.09. The molecule has 148 valence electrons. The zero-order valence-electron chi connectivity index (χ0n) is 16.5. The van der Waals surface area contributed by atoms with Crippen molar-refractivity contribution in [2.45, 2.75) is 33.1 Å². The lowest BCUT2D eigenvalue weighted by Crippen LogP contribution is -2.44. The highest BCUT2D eigenvalue weighted by atomic mass is 16.5. The molecule has 0 spiro atoms. The van der Waals surface area contributed by atoms with Gasteiger partial charge in [-0.2, -0.15) is 0 Å². The van der Waals surface area contributed by atoms with Gasteiger partial charge in [-0.15, -0.1) is 0 Å². The van der Waals surface area contributed by atoms with E-state index in [1.165, 1.54) is 0 Å². The van der Waals surface area contributed by atoms with Crippen LogP contribution >= 0.6 is 0 Å². The second kappa shape index (κ2) is 9.35. The Labute approximate surface area is 165 Å². The smallest absolute Gasteiger partial charge is 0.230 e. The highest BCUT2D eigenvalue weighted by molar-refractivity contribution is 5.92. The van der Waals surface area contributed by atoms with Crippen molar-refractivity contribution in [3.63, 3.8) is 0 Å². The zero-order chi connectivity index (χ0) is 19.9. The van der Waals surface area contributed by atoms with Gasteiger partial charge in [0.25, 0.3) is 0 Å². The van der Waals surface area contributed by atoms with Crippen LogP contribution in [-0.2, 0) is 16.0 Å². The number of carbonyl (C=O) groups excluding carboxylic acids is 2. The van der Waals surface area contributed by atoms with Crippen molar-refractivity contribution < 1.29 is 14.3 Å². The third-order valence-electron chi connectivity index (χ3n) is 4.87. The Morgan fingerprint density at radius 3 is 2.71 bits per heavy atom. The minimum Gasteiger partial charge on any atom is -0.494 e. The first-order chi connectivity index (χ1) is 13.5. The molecule has 1 aromatic carbocycles. The number of aromatic nitrogens is 1. The van der Waals surface area contributed by atoms with Crippen LogP contribution in [0.4, 0.5) is 5.82 Å². The van der Waals surface area contributed by atoms with Gasteiger partial charge in [0.15, 0.2) is 0 Å². The second-order valence-electron chi connectivity index (χ2n) is 7.09. The van der Waals surface area contributed by atoms with Crippen LogP contribution in [0.25, 0.3) is 0 Å². The number of ether oxygens (including phenoxy) is 1. The molecule has 0 bridgehead atoms. The Hall–Kier alpha value is -2.89. The molecule has 1 fully saturated rings. The van der Waals surface area contributed by atoms with E-state index in [-0.39, 0.29) is 17.7 Å². The van der Waals surface area contributed by atoms with E-state index >= 15 is 0 Å². The van der Waals surface area contributed by atoms with Gasteiger partial charge < -0.3 is 15.0 Å². The van der Waals surface area contributed by atoms with Crippen molar-refractivity contribution in [2.75, 3.05) is 25.0 Å². The number of carbonyl (C=O) groups is 2. The zero-order valence-corrected chi connectivity index (χ0v) is 16.5. The third kappa shape index (κ3) is 5.31. The molecule has 1 aromatic heterocycles. The monoisotopic (exact) mass is 381 g/mol. The van der Waals surface area contributed by atoms with Crippen LogP contribution in [0.3, 0.4) is 0 Å². The molecule has 2 aromatic rings. The lowest BCUT2D eigenvalue weighted by molar-refractivity contribution is -0.133. The summed E-state index contributed by atoms with van der Waals surface area (Å²) in [4.78, 5) is 31.4. The number of nitrogens with zero attached hydrogens (tertiary/aromatic N) is 2. The summed E-state index contributed by atoms with van der Waals surface area (Å²) in [6.07, 6.45) is 1.94. The average Bonchev–Trinajstić information content (AvgIpc) is 2.70. The summed E-state index contributed by atoms with van der Waals surface area (Å²) in [5, 5.41) is 2.88. The summed E-state index contributed by atoms with van der Waals surface area (Å²) in [5.41, 5.74) is 1.80. The number of hydrogen-bond donors (Lipinski definition) is 1. The molecule has 1 saturated heterocycles. The Kier molecular flexibility index (Phi) is 6.63. The van der Waals surface area contributed by atoms with Gasteiger partial charge in [-0.05, 0) is 56.5 Å². The molecule has 0 aliphatic carbocycles. The first-order valence-corrected chi connectivity index (χ1v) is 9.79. The van der Waals surface area contributed by atoms with E-state index in [0.717, 1.165) is 29.8 Å². The molecule has 0 radical (unpaired) electrons. The van der Waals surface area contributed by atoms with Gasteiger partial charge >= 0.3 is 0 Å². The van der Waals surface area contributed by atoms with Crippen LogP contribution in [0.1, 0.15) is 31.0 Å². The first-order valence-electron chi connectivity index (χ1n) is 9.79. The molecule has 2 heterocycles. The van der Waals surface area contributed by atoms with E-state index < -0.39 is 0 Å². The van der Waals surface area contributed by atoms with Crippen molar-refractivity contribution in [2.24, 2.45) is 5.92 Å². The number of aryl methyl sites for hydroxylation is 1. The van der Waals surface area contributed by atoms with Crippen molar-refractivity contribution >= 4 is 17.6 Å². The van der Waals surface area contributed by atoms with Gasteiger partial charge in [-0.3, -0.25) is 9.59 Å². The van der Waals surface area contributed by atoms with Crippen molar-refractivity contribution in [3.8, 4) is 5.75 Å². The Morgan fingerprint density at radius 1 is 1.21 bits per heavy atom. The lowest BCUT2D eigenvalue weighted by atomic mass is 9.96. The quantitative estimate of drug-likeness (QED) is 0.834. The summed E-state index contributed by atoms with van der Waals surface area (Å²) in [7, 11) is 0. The number of piperidine rings is 1. The molecule has 2 amide bonds. The maximum absolute atomic E-state index is 12.7. The van der Waals surface area contributed by atoms with Crippen LogP contribution in [-0.4, -0.2) is 41.4 Å². The fourth-order valence-electron chi connectivity index (χ4n) is 3.42. The third-order valence-corrected chi connectivity index (χ3v) is 4.87. The maximum atomic E-state index is 12.7. The Bertz CT molecular complexity index is 820. The Morgan fingerprint density at radius 2 is 2.00 bits per heavy atom. The number of hydrogen-bond acceptors (Lipinski definition) is 4. The predicted octanol–water partition coefficient (Wildman–Crippen LogP) is 3.21. The molecular weight excluding hydrogens is 354 g/mol. The average molecular weight is 381 g/mol. The van der Waals surface area contributed by atoms with Crippen LogP contribution in [0.5, 0.6) is 5.75 Å². The van der Waals surface area contributed by atoms with Gasteiger partial charge in [-0.1, -0.05) is 18.2 Å². The topological polar surface area (TPSA) is 71.5 Å². The summed E-state index contributed by atoms with van der Waals surface area (Å²) in [6, 6.07) is 13.1. The fourth-order valence-corrected chi connectivity index (χ4v) is 3.42. The van der Waals surface area contributed by atoms with Crippen LogP contribution in [0.15, 0.2) is 42.5 Å². The number of amides is 2. The van der Waals surface area contributed by atoms with E-state index in [2.05, 4.69) is 10.3 Å². The largest absolute Gasteiger partial charge is 0.494 e. The number of pyridine rings is 1. The van der Waals surface area contributed by atoms with Gasteiger partial charge in [0.1, 0.15) is 11.6 Å². The molecule has 1 aliphatic rings. The van der Waals surface area contributed by atoms with Gasteiger partial charge in [0.05, 0.1) is 18.9 Å².